The van der Waals surface area contributed by atoms with E-state index in [4.69, 9.17) is 4.42 Å². The van der Waals surface area contributed by atoms with Crippen molar-refractivity contribution in [2.75, 3.05) is 0 Å². The monoisotopic (exact) mass is 235 g/mol. The van der Waals surface area contributed by atoms with Gasteiger partial charge in [0.1, 0.15) is 5.69 Å². The summed E-state index contributed by atoms with van der Waals surface area (Å²) < 4.78 is 7.63. The van der Waals surface area contributed by atoms with Crippen LogP contribution in [0.15, 0.2) is 59.4 Å². The SMILES string of the molecule is c1cnc2oc3c(-n4cccn4)cccc3c2c1. The number of benzene rings is 1. The smallest absolute Gasteiger partial charge is 0.227 e. The maximum Gasteiger partial charge on any atom is 0.227 e. The molecule has 0 amide bonds. The predicted molar refractivity (Wildman–Crippen MR) is 68.6 cm³/mol. The van der Waals surface area contributed by atoms with Crippen molar-refractivity contribution in [3.63, 3.8) is 0 Å². The molecule has 0 aliphatic carbocycles. The Bertz CT molecular complexity index is 831. The van der Waals surface area contributed by atoms with E-state index in [2.05, 4.69) is 10.1 Å². The van der Waals surface area contributed by atoms with Crippen LogP contribution in [0.1, 0.15) is 0 Å². The maximum absolute atomic E-state index is 5.84. The van der Waals surface area contributed by atoms with E-state index >= 15 is 0 Å². The van der Waals surface area contributed by atoms with Crippen LogP contribution in [-0.4, -0.2) is 14.8 Å². The van der Waals surface area contributed by atoms with Crippen molar-refractivity contribution >= 4 is 22.1 Å². The van der Waals surface area contributed by atoms with E-state index in [1.54, 1.807) is 17.1 Å². The Hall–Kier alpha value is -2.62. The van der Waals surface area contributed by atoms with Gasteiger partial charge >= 0.3 is 0 Å². The van der Waals surface area contributed by atoms with Crippen LogP contribution in [0.25, 0.3) is 27.8 Å². The summed E-state index contributed by atoms with van der Waals surface area (Å²) in [5, 5.41) is 6.33. The van der Waals surface area contributed by atoms with Crippen molar-refractivity contribution in [3.05, 3.63) is 55.0 Å². The minimum atomic E-state index is 0.659. The Morgan fingerprint density at radius 1 is 0.944 bits per heavy atom. The van der Waals surface area contributed by atoms with Gasteiger partial charge in [0.05, 0.1) is 0 Å². The molecule has 0 aliphatic heterocycles. The molecule has 4 rings (SSSR count). The Labute approximate surface area is 102 Å². The fourth-order valence-corrected chi connectivity index (χ4v) is 2.21. The van der Waals surface area contributed by atoms with Gasteiger partial charge in [-0.15, -0.1) is 0 Å². The lowest BCUT2D eigenvalue weighted by Gasteiger charge is -2.00. The summed E-state index contributed by atoms with van der Waals surface area (Å²) in [7, 11) is 0. The molecular formula is C14H9N3O. The second-order valence-electron chi connectivity index (χ2n) is 4.06. The van der Waals surface area contributed by atoms with Crippen LogP contribution in [0.4, 0.5) is 0 Å². The van der Waals surface area contributed by atoms with Crippen LogP contribution in [0, 0.1) is 0 Å². The maximum atomic E-state index is 5.84. The first-order valence-electron chi connectivity index (χ1n) is 5.70. The van der Waals surface area contributed by atoms with Crippen molar-refractivity contribution in [1.82, 2.24) is 14.8 Å². The van der Waals surface area contributed by atoms with Crippen LogP contribution < -0.4 is 0 Å². The average molecular weight is 235 g/mol. The highest BCUT2D eigenvalue weighted by atomic mass is 16.3. The first-order valence-corrected chi connectivity index (χ1v) is 5.70. The van der Waals surface area contributed by atoms with Crippen molar-refractivity contribution in [2.24, 2.45) is 0 Å². The lowest BCUT2D eigenvalue weighted by molar-refractivity contribution is 0.648. The van der Waals surface area contributed by atoms with E-state index in [1.807, 2.05) is 42.6 Å². The molecule has 3 heterocycles. The number of nitrogens with zero attached hydrogens (tertiary/aromatic N) is 3. The summed E-state index contributed by atoms with van der Waals surface area (Å²) in [6, 6.07) is 11.8. The molecule has 0 atom stereocenters. The lowest BCUT2D eigenvalue weighted by atomic mass is 10.2. The van der Waals surface area contributed by atoms with Crippen molar-refractivity contribution < 1.29 is 4.42 Å². The van der Waals surface area contributed by atoms with Gasteiger partial charge in [-0.2, -0.15) is 5.10 Å². The highest BCUT2D eigenvalue weighted by Crippen LogP contribution is 2.30. The van der Waals surface area contributed by atoms with Gasteiger partial charge in [-0.1, -0.05) is 12.1 Å². The fourth-order valence-electron chi connectivity index (χ4n) is 2.21. The second-order valence-corrected chi connectivity index (χ2v) is 4.06. The second kappa shape index (κ2) is 3.43. The number of hydrogen-bond acceptors (Lipinski definition) is 3. The van der Waals surface area contributed by atoms with Crippen LogP contribution in [0.2, 0.25) is 0 Å². The topological polar surface area (TPSA) is 43.9 Å². The minimum absolute atomic E-state index is 0.659. The summed E-state index contributed by atoms with van der Waals surface area (Å²) in [5.41, 5.74) is 2.40. The van der Waals surface area contributed by atoms with Gasteiger partial charge in [0.15, 0.2) is 5.58 Å². The molecular weight excluding hydrogens is 226 g/mol. The standard InChI is InChI=1S/C14H9N3O/c1-4-10-11-5-2-7-15-14(11)18-13(10)12(6-1)17-9-3-8-16-17/h1-9H. The lowest BCUT2D eigenvalue weighted by Crippen LogP contribution is -1.93. The largest absolute Gasteiger partial charge is 0.435 e. The van der Waals surface area contributed by atoms with Crippen molar-refractivity contribution in [3.8, 4) is 5.69 Å². The van der Waals surface area contributed by atoms with E-state index in [0.717, 1.165) is 22.0 Å². The highest BCUT2D eigenvalue weighted by molar-refractivity contribution is 6.06. The Balaban J connectivity index is 2.17. The zero-order chi connectivity index (χ0) is 11.9. The van der Waals surface area contributed by atoms with Crippen LogP contribution in [-0.2, 0) is 0 Å². The third-order valence-electron chi connectivity index (χ3n) is 3.01. The average Bonchev–Trinajstić information content (AvgIpc) is 3.05. The minimum Gasteiger partial charge on any atom is -0.435 e. The molecule has 3 aromatic heterocycles. The first-order chi connectivity index (χ1) is 8.93. The molecule has 0 fully saturated rings. The van der Waals surface area contributed by atoms with Crippen LogP contribution in [0.3, 0.4) is 0 Å². The quantitative estimate of drug-likeness (QED) is 0.509. The van der Waals surface area contributed by atoms with Gasteiger partial charge in [0.2, 0.25) is 5.71 Å². The Morgan fingerprint density at radius 2 is 1.89 bits per heavy atom. The molecule has 4 aromatic rings. The Morgan fingerprint density at radius 3 is 2.78 bits per heavy atom. The van der Waals surface area contributed by atoms with E-state index in [0.29, 0.717) is 5.71 Å². The van der Waals surface area contributed by atoms with Gasteiger partial charge in [-0.25, -0.2) is 9.67 Å². The number of hydrogen-bond donors (Lipinski definition) is 0. The molecule has 0 saturated heterocycles. The molecule has 86 valence electrons. The third kappa shape index (κ3) is 1.20. The summed E-state index contributed by atoms with van der Waals surface area (Å²) in [5.74, 6) is 0. The van der Waals surface area contributed by atoms with E-state index < -0.39 is 0 Å². The molecule has 4 nitrogen and oxygen atoms in total. The van der Waals surface area contributed by atoms with Crippen LogP contribution >= 0.6 is 0 Å². The molecule has 0 bridgehead atoms. The third-order valence-corrected chi connectivity index (χ3v) is 3.01. The highest BCUT2D eigenvalue weighted by Gasteiger charge is 2.11. The van der Waals surface area contributed by atoms with E-state index in [9.17, 15) is 0 Å². The normalized spacial score (nSPS) is 11.3. The zero-order valence-electron chi connectivity index (χ0n) is 9.45. The zero-order valence-corrected chi connectivity index (χ0v) is 9.45. The fraction of sp³-hybridized carbons (Fsp3) is 0. The molecule has 0 spiro atoms. The molecule has 1 aromatic carbocycles. The molecule has 0 aliphatic rings. The number of pyridine rings is 1. The molecule has 0 radical (unpaired) electrons. The Kier molecular flexibility index (Phi) is 1.80. The van der Waals surface area contributed by atoms with E-state index in [-0.39, 0.29) is 0 Å². The molecule has 0 saturated carbocycles. The summed E-state index contributed by atoms with van der Waals surface area (Å²) in [6.45, 7) is 0. The molecule has 18 heavy (non-hydrogen) atoms. The number of fused-ring (bicyclic) bond motifs is 3. The number of furan rings is 1. The molecule has 4 heteroatoms. The van der Waals surface area contributed by atoms with Gasteiger partial charge in [0.25, 0.3) is 0 Å². The van der Waals surface area contributed by atoms with Gasteiger partial charge in [-0.3, -0.25) is 0 Å². The summed E-state index contributed by atoms with van der Waals surface area (Å²) in [6.07, 6.45) is 5.38. The van der Waals surface area contributed by atoms with Gasteiger partial charge < -0.3 is 4.42 Å². The first kappa shape index (κ1) is 9.41. The van der Waals surface area contributed by atoms with Crippen LogP contribution in [0.5, 0.6) is 0 Å². The number of rotatable bonds is 1. The summed E-state index contributed by atoms with van der Waals surface area (Å²) >= 11 is 0. The van der Waals surface area contributed by atoms with Crippen molar-refractivity contribution in [1.29, 1.82) is 0 Å². The predicted octanol–water partition coefficient (Wildman–Crippen LogP) is 3.17. The van der Waals surface area contributed by atoms with Crippen molar-refractivity contribution in [2.45, 2.75) is 0 Å². The van der Waals surface area contributed by atoms with Gasteiger partial charge in [-0.05, 0) is 24.3 Å². The van der Waals surface area contributed by atoms with Gasteiger partial charge in [0, 0.05) is 29.4 Å². The molecule has 0 N–H and O–H groups in total. The number of para-hydroxylation sites is 1. The van der Waals surface area contributed by atoms with E-state index in [1.165, 1.54) is 0 Å². The molecule has 0 unspecified atom stereocenters. The number of aromatic nitrogens is 3. The summed E-state index contributed by atoms with van der Waals surface area (Å²) in [4.78, 5) is 4.24.